The van der Waals surface area contributed by atoms with Crippen molar-refractivity contribution in [3.63, 3.8) is 0 Å². The van der Waals surface area contributed by atoms with E-state index in [0.717, 1.165) is 66.3 Å². The lowest BCUT2D eigenvalue weighted by Crippen LogP contribution is -2.28. The minimum Gasteiger partial charge on any atom is -0.273 e. The van der Waals surface area contributed by atoms with E-state index in [1.54, 1.807) is 48.5 Å². The molecule has 11 aromatic rings. The number of hydrogen-bond donors (Lipinski definition) is 0. The van der Waals surface area contributed by atoms with Crippen LogP contribution in [0.4, 0.5) is 34.6 Å². The monoisotopic (exact) mass is 892 g/mol. The van der Waals surface area contributed by atoms with E-state index in [0.29, 0.717) is 67.9 Å². The normalized spacial score (nSPS) is 11.6. The molecule has 9 aromatic carbocycles. The summed E-state index contributed by atoms with van der Waals surface area (Å²) < 4.78 is 0. The van der Waals surface area contributed by atoms with Crippen molar-refractivity contribution in [1.82, 2.24) is 19.9 Å². The largest absolute Gasteiger partial charge is 0.273 e. The van der Waals surface area contributed by atoms with Crippen molar-refractivity contribution in [3.8, 4) is 69.0 Å². The van der Waals surface area contributed by atoms with Gasteiger partial charge in [0.2, 0.25) is 0 Å². The Morgan fingerprint density at radius 3 is 0.957 bits per heavy atom. The fraction of sp³-hybridized carbons (Fsp3) is 0. The van der Waals surface area contributed by atoms with Gasteiger partial charge in [-0.05, 0) is 129 Å². The van der Waals surface area contributed by atoms with Crippen molar-refractivity contribution in [2.45, 2.75) is 0 Å². The highest BCUT2D eigenvalue weighted by Crippen LogP contribution is 2.54. The van der Waals surface area contributed by atoms with E-state index < -0.39 is 0 Å². The Morgan fingerprint density at radius 1 is 0.300 bits per heavy atom. The topological polar surface area (TPSA) is 153 Å². The molecule has 0 unspecified atom stereocenters. The second kappa shape index (κ2) is 16.7. The maximum atomic E-state index is 9.79. The Kier molecular flexibility index (Phi) is 9.78. The number of fused-ring (bicyclic) bond motifs is 5. The number of anilines is 6. The van der Waals surface area contributed by atoms with Gasteiger partial charge in [0.1, 0.15) is 0 Å². The number of nitriles is 4. The van der Waals surface area contributed by atoms with Crippen molar-refractivity contribution in [2.75, 3.05) is 9.80 Å². The van der Waals surface area contributed by atoms with Crippen molar-refractivity contribution in [1.29, 1.82) is 21.0 Å². The zero-order valence-electron chi connectivity index (χ0n) is 36.9. The molecular weight excluding hydrogens is 861 g/mol. The summed E-state index contributed by atoms with van der Waals surface area (Å²) in [5.74, 6) is 1.99. The third-order valence-corrected chi connectivity index (χ3v) is 12.7. The summed E-state index contributed by atoms with van der Waals surface area (Å²) >= 11 is 0. The van der Waals surface area contributed by atoms with Gasteiger partial charge < -0.3 is 0 Å². The van der Waals surface area contributed by atoms with Crippen molar-refractivity contribution >= 4 is 67.2 Å². The van der Waals surface area contributed by atoms with Crippen LogP contribution in [0.15, 0.2) is 194 Å². The summed E-state index contributed by atoms with van der Waals surface area (Å²) in [6.45, 7) is 0. The molecule has 70 heavy (non-hydrogen) atoms. The molecule has 0 atom stereocenters. The Hall–Kier alpha value is -10.5. The summed E-state index contributed by atoms with van der Waals surface area (Å²) in [4.78, 5) is 26.5. The van der Waals surface area contributed by atoms with Crippen LogP contribution in [0.5, 0.6) is 0 Å². The smallest absolute Gasteiger partial charge is 0.183 e. The Labute approximate surface area is 401 Å². The molecule has 0 saturated heterocycles. The molecule has 0 fully saturated rings. The van der Waals surface area contributed by atoms with E-state index in [1.807, 2.05) is 94.7 Å². The summed E-state index contributed by atoms with van der Waals surface area (Å²) in [5.41, 5.74) is 11.0. The number of rotatable bonds is 6. The van der Waals surface area contributed by atoms with Gasteiger partial charge in [0.15, 0.2) is 23.3 Å². The van der Waals surface area contributed by atoms with E-state index in [1.165, 1.54) is 0 Å². The highest BCUT2D eigenvalue weighted by atomic mass is 15.4. The maximum Gasteiger partial charge on any atom is 0.183 e. The molecule has 3 heterocycles. The molecule has 0 spiro atoms. The average molecular weight is 893 g/mol. The standard InChI is InChI=1S/C60H32N10/c61-33-37-9-17-43(18-10-37)51-31-53-54(32-52(51)44-19-11-38(34-62)12-20-44)66-58-57(65-53)69(49-27-25-41-5-1-3-7-47(41)29-49)59-60(70(58)50-28-26-42-6-2-4-8-48(42)30-50)68-56(46-23-15-40(36-64)16-24-46)55(67-59)45-21-13-39(35-63)14-22-45/h1-32H. The number of benzene rings is 9. The summed E-state index contributed by atoms with van der Waals surface area (Å²) in [5, 5.41) is 43.1. The van der Waals surface area contributed by atoms with Crippen molar-refractivity contribution in [3.05, 3.63) is 216 Å². The molecule has 0 bridgehead atoms. The van der Waals surface area contributed by atoms with Crippen LogP contribution < -0.4 is 9.80 Å². The maximum absolute atomic E-state index is 9.79. The fourth-order valence-electron chi connectivity index (χ4n) is 9.16. The van der Waals surface area contributed by atoms with Crippen LogP contribution in [0.3, 0.4) is 0 Å². The minimum atomic E-state index is 0.489. The minimum absolute atomic E-state index is 0.489. The van der Waals surface area contributed by atoms with Gasteiger partial charge in [-0.1, -0.05) is 109 Å². The van der Waals surface area contributed by atoms with Crippen LogP contribution in [0, 0.1) is 45.3 Å². The molecule has 0 saturated carbocycles. The molecule has 10 heteroatoms. The predicted molar refractivity (Wildman–Crippen MR) is 274 cm³/mol. The molecule has 2 aromatic heterocycles. The molecule has 0 N–H and O–H groups in total. The molecule has 10 nitrogen and oxygen atoms in total. The fourth-order valence-corrected chi connectivity index (χ4v) is 9.16. The second-order valence-electron chi connectivity index (χ2n) is 16.8. The van der Waals surface area contributed by atoms with Crippen LogP contribution in [0.2, 0.25) is 0 Å². The molecule has 0 amide bonds. The summed E-state index contributed by atoms with van der Waals surface area (Å²) in [6.07, 6.45) is 0. The lowest BCUT2D eigenvalue weighted by atomic mass is 9.93. The van der Waals surface area contributed by atoms with E-state index in [4.69, 9.17) is 19.9 Å². The zero-order valence-corrected chi connectivity index (χ0v) is 36.9. The van der Waals surface area contributed by atoms with Crippen LogP contribution in [-0.4, -0.2) is 19.9 Å². The van der Waals surface area contributed by atoms with Gasteiger partial charge >= 0.3 is 0 Å². The van der Waals surface area contributed by atoms with Crippen molar-refractivity contribution < 1.29 is 0 Å². The highest BCUT2D eigenvalue weighted by molar-refractivity contribution is 6.04. The van der Waals surface area contributed by atoms with Gasteiger partial charge in [-0.15, -0.1) is 0 Å². The molecule has 1 aliphatic heterocycles. The van der Waals surface area contributed by atoms with Crippen LogP contribution in [0.1, 0.15) is 22.3 Å². The van der Waals surface area contributed by atoms with Crippen LogP contribution in [-0.2, 0) is 0 Å². The van der Waals surface area contributed by atoms with Crippen LogP contribution >= 0.6 is 0 Å². The van der Waals surface area contributed by atoms with Gasteiger partial charge in [-0.2, -0.15) is 21.0 Å². The number of nitrogens with zero attached hydrogens (tertiary/aromatic N) is 10. The molecule has 1 aliphatic rings. The van der Waals surface area contributed by atoms with E-state index in [9.17, 15) is 21.0 Å². The predicted octanol–water partition coefficient (Wildman–Crippen LogP) is 14.1. The first kappa shape index (κ1) is 40.9. The first-order valence-electron chi connectivity index (χ1n) is 22.3. The van der Waals surface area contributed by atoms with Crippen molar-refractivity contribution in [2.24, 2.45) is 0 Å². The average Bonchev–Trinajstić information content (AvgIpc) is 3.43. The van der Waals surface area contributed by atoms with Gasteiger partial charge in [0.05, 0.1) is 69.0 Å². The van der Waals surface area contributed by atoms with Gasteiger partial charge in [-0.3, -0.25) is 9.80 Å². The Bertz CT molecular complexity index is 3830. The zero-order chi connectivity index (χ0) is 47.3. The van der Waals surface area contributed by atoms with Gasteiger partial charge in [0, 0.05) is 22.5 Å². The van der Waals surface area contributed by atoms with E-state index >= 15 is 0 Å². The molecular formula is C60H32N10. The Morgan fingerprint density at radius 2 is 0.614 bits per heavy atom. The quantitative estimate of drug-likeness (QED) is 0.158. The van der Waals surface area contributed by atoms with E-state index in [-0.39, 0.29) is 0 Å². The third kappa shape index (κ3) is 7.03. The first-order valence-corrected chi connectivity index (χ1v) is 22.3. The van der Waals surface area contributed by atoms with E-state index in [2.05, 4.69) is 84.9 Å². The summed E-state index contributed by atoms with van der Waals surface area (Å²) in [6, 6.07) is 71.4. The Balaban J connectivity index is 1.20. The van der Waals surface area contributed by atoms with Gasteiger partial charge in [0.25, 0.3) is 0 Å². The van der Waals surface area contributed by atoms with Crippen LogP contribution in [0.25, 0.3) is 77.3 Å². The molecule has 12 rings (SSSR count). The molecule has 0 radical (unpaired) electrons. The molecule has 322 valence electrons. The lowest BCUT2D eigenvalue weighted by Gasteiger charge is -2.37. The number of hydrogen-bond acceptors (Lipinski definition) is 10. The second-order valence-corrected chi connectivity index (χ2v) is 16.8. The number of aromatic nitrogens is 4. The molecule has 0 aliphatic carbocycles. The first-order chi connectivity index (χ1) is 34.5. The SMILES string of the molecule is N#Cc1ccc(-c2cc3nc4c(nc3cc2-c2ccc(C#N)cc2)N(c2ccc3ccccc3c2)c2nc(-c3ccc(C#N)cc3)c(-c3ccc(C#N)cc3)nc2N4c2ccc3ccccc3c2)cc1. The lowest BCUT2D eigenvalue weighted by molar-refractivity contribution is 1.01. The summed E-state index contributed by atoms with van der Waals surface area (Å²) in [7, 11) is 0. The van der Waals surface area contributed by atoms with Gasteiger partial charge in [-0.25, -0.2) is 19.9 Å². The third-order valence-electron chi connectivity index (χ3n) is 12.7. The highest BCUT2D eigenvalue weighted by Gasteiger charge is 2.38.